The van der Waals surface area contributed by atoms with E-state index in [1.54, 1.807) is 0 Å². The molecule has 6 nitrogen and oxygen atoms in total. The van der Waals surface area contributed by atoms with Gasteiger partial charge in [0.05, 0.1) is 4.92 Å². The van der Waals surface area contributed by atoms with Gasteiger partial charge in [0.15, 0.2) is 11.6 Å². The second-order valence-corrected chi connectivity index (χ2v) is 3.96. The molecule has 8 heteroatoms. The number of ether oxygens (including phenoxy) is 1. The number of hydrogen-bond acceptors (Lipinski definition) is 5. The maximum Gasteiger partial charge on any atom is 0.331 e. The second-order valence-electron chi connectivity index (χ2n) is 3.96. The monoisotopic (exact) mass is 295 g/mol. The molecule has 0 saturated carbocycles. The number of anilines is 1. The average molecular weight is 295 g/mol. The highest BCUT2D eigenvalue weighted by Crippen LogP contribution is 2.32. The van der Waals surface area contributed by atoms with Crippen LogP contribution in [0.5, 0.6) is 11.6 Å². The van der Waals surface area contributed by atoms with Gasteiger partial charge in [0.1, 0.15) is 5.82 Å². The minimum Gasteiger partial charge on any atom is -0.430 e. The van der Waals surface area contributed by atoms with Crippen LogP contribution in [-0.2, 0) is 0 Å². The molecule has 21 heavy (non-hydrogen) atoms. The highest BCUT2D eigenvalue weighted by molar-refractivity contribution is 5.50. The molecule has 1 aromatic carbocycles. The van der Waals surface area contributed by atoms with Gasteiger partial charge in [-0.05, 0) is 25.1 Å². The van der Waals surface area contributed by atoms with Crippen molar-refractivity contribution in [1.29, 1.82) is 0 Å². The van der Waals surface area contributed by atoms with E-state index in [0.29, 0.717) is 12.4 Å². The van der Waals surface area contributed by atoms with Crippen molar-refractivity contribution in [2.45, 2.75) is 6.92 Å². The smallest absolute Gasteiger partial charge is 0.331 e. The SMILES string of the molecule is CCNc1ccc([N+](=O)[O-])c(Oc2cccc(F)c2F)n1. The summed E-state index contributed by atoms with van der Waals surface area (Å²) in [6.07, 6.45) is 0. The molecule has 2 rings (SSSR count). The summed E-state index contributed by atoms with van der Waals surface area (Å²) in [4.78, 5) is 14.1. The Kier molecular flexibility index (Phi) is 4.27. The van der Waals surface area contributed by atoms with E-state index >= 15 is 0 Å². The van der Waals surface area contributed by atoms with E-state index in [2.05, 4.69) is 10.3 Å². The fourth-order valence-corrected chi connectivity index (χ4v) is 1.59. The highest BCUT2D eigenvalue weighted by Gasteiger charge is 2.20. The van der Waals surface area contributed by atoms with Crippen molar-refractivity contribution in [2.75, 3.05) is 11.9 Å². The number of hydrogen-bond donors (Lipinski definition) is 1. The second kappa shape index (κ2) is 6.12. The van der Waals surface area contributed by atoms with Crippen LogP contribution in [0.4, 0.5) is 20.3 Å². The van der Waals surface area contributed by atoms with Crippen LogP contribution in [0.25, 0.3) is 0 Å². The summed E-state index contributed by atoms with van der Waals surface area (Å²) in [6.45, 7) is 2.36. The standard InChI is InChI=1S/C13H11F2N3O3/c1-2-16-11-7-6-9(18(19)20)13(17-11)21-10-5-3-4-8(14)12(10)15/h3-7H,2H2,1H3,(H,16,17). The Morgan fingerprint density at radius 2 is 2.10 bits per heavy atom. The van der Waals surface area contributed by atoms with E-state index in [4.69, 9.17) is 4.74 Å². The largest absolute Gasteiger partial charge is 0.430 e. The molecule has 0 saturated heterocycles. The molecule has 1 N–H and O–H groups in total. The van der Waals surface area contributed by atoms with Crippen LogP contribution in [0.15, 0.2) is 30.3 Å². The molecule has 0 amide bonds. The molecule has 0 aliphatic heterocycles. The quantitative estimate of drug-likeness (QED) is 0.675. The van der Waals surface area contributed by atoms with Crippen molar-refractivity contribution < 1.29 is 18.4 Å². The minimum absolute atomic E-state index is 0.329. The maximum atomic E-state index is 13.6. The van der Waals surface area contributed by atoms with Crippen LogP contribution in [0.3, 0.4) is 0 Å². The first-order chi connectivity index (χ1) is 10.0. The van der Waals surface area contributed by atoms with Crippen LogP contribution in [0.2, 0.25) is 0 Å². The van der Waals surface area contributed by atoms with Crippen LogP contribution in [0.1, 0.15) is 6.92 Å². The number of nitro groups is 1. The van der Waals surface area contributed by atoms with Crippen molar-refractivity contribution >= 4 is 11.5 Å². The summed E-state index contributed by atoms with van der Waals surface area (Å²) < 4.78 is 31.7. The van der Waals surface area contributed by atoms with Crippen LogP contribution < -0.4 is 10.1 Å². The first kappa shape index (κ1) is 14.6. The molecular weight excluding hydrogens is 284 g/mol. The molecule has 1 heterocycles. The summed E-state index contributed by atoms with van der Waals surface area (Å²) >= 11 is 0. The van der Waals surface area contributed by atoms with Gasteiger partial charge < -0.3 is 10.1 Å². The van der Waals surface area contributed by atoms with Gasteiger partial charge in [0.2, 0.25) is 5.82 Å². The van der Waals surface area contributed by atoms with E-state index in [1.807, 2.05) is 6.92 Å². The highest BCUT2D eigenvalue weighted by atomic mass is 19.2. The van der Waals surface area contributed by atoms with Crippen molar-refractivity contribution in [2.24, 2.45) is 0 Å². The molecule has 0 fully saturated rings. The first-order valence-corrected chi connectivity index (χ1v) is 6.04. The van der Waals surface area contributed by atoms with Crippen molar-refractivity contribution in [3.63, 3.8) is 0 Å². The molecule has 1 aromatic heterocycles. The Balaban J connectivity index is 2.43. The number of halogens is 2. The van der Waals surface area contributed by atoms with Gasteiger partial charge in [-0.25, -0.2) is 4.39 Å². The number of benzene rings is 1. The third kappa shape index (κ3) is 3.22. The van der Waals surface area contributed by atoms with E-state index < -0.39 is 33.9 Å². The Labute approximate surface area is 118 Å². The fraction of sp³-hybridized carbons (Fsp3) is 0.154. The topological polar surface area (TPSA) is 77.3 Å². The van der Waals surface area contributed by atoms with Gasteiger partial charge >= 0.3 is 11.6 Å². The lowest BCUT2D eigenvalue weighted by Gasteiger charge is -2.08. The normalized spacial score (nSPS) is 10.2. The first-order valence-electron chi connectivity index (χ1n) is 6.04. The molecule has 2 aromatic rings. The molecule has 0 bridgehead atoms. The number of rotatable bonds is 5. The van der Waals surface area contributed by atoms with Gasteiger partial charge in [0.25, 0.3) is 0 Å². The molecular formula is C13H11F2N3O3. The lowest BCUT2D eigenvalue weighted by molar-refractivity contribution is -0.386. The zero-order valence-electron chi connectivity index (χ0n) is 11.0. The zero-order chi connectivity index (χ0) is 15.4. The third-order valence-electron chi connectivity index (χ3n) is 2.52. The number of aromatic nitrogens is 1. The van der Waals surface area contributed by atoms with Crippen LogP contribution in [0, 0.1) is 21.7 Å². The van der Waals surface area contributed by atoms with Gasteiger partial charge in [-0.1, -0.05) is 6.07 Å². The van der Waals surface area contributed by atoms with Crippen LogP contribution >= 0.6 is 0 Å². The van der Waals surface area contributed by atoms with Crippen LogP contribution in [-0.4, -0.2) is 16.5 Å². The molecule has 0 unspecified atom stereocenters. The molecule has 0 aliphatic carbocycles. The Hall–Kier alpha value is -2.77. The number of nitrogens with one attached hydrogen (secondary N) is 1. The Bertz CT molecular complexity index is 680. The van der Waals surface area contributed by atoms with Gasteiger partial charge in [-0.15, -0.1) is 0 Å². The predicted molar refractivity (Wildman–Crippen MR) is 71.5 cm³/mol. The van der Waals surface area contributed by atoms with Gasteiger partial charge in [-0.3, -0.25) is 10.1 Å². The Morgan fingerprint density at radius 3 is 2.76 bits per heavy atom. The maximum absolute atomic E-state index is 13.6. The van der Waals surface area contributed by atoms with E-state index in [0.717, 1.165) is 12.1 Å². The lowest BCUT2D eigenvalue weighted by Crippen LogP contribution is -2.03. The minimum atomic E-state index is -1.23. The van der Waals surface area contributed by atoms with E-state index in [9.17, 15) is 18.9 Å². The average Bonchev–Trinajstić information content (AvgIpc) is 2.44. The number of pyridine rings is 1. The molecule has 0 aliphatic rings. The molecule has 0 atom stereocenters. The summed E-state index contributed by atoms with van der Waals surface area (Å²) in [5.41, 5.74) is -0.444. The summed E-state index contributed by atoms with van der Waals surface area (Å²) in [5.74, 6) is -2.91. The molecule has 0 spiro atoms. The van der Waals surface area contributed by atoms with E-state index in [-0.39, 0.29) is 0 Å². The Morgan fingerprint density at radius 1 is 1.33 bits per heavy atom. The van der Waals surface area contributed by atoms with Crippen molar-refractivity contribution in [3.05, 3.63) is 52.1 Å². The molecule has 110 valence electrons. The summed E-state index contributed by atoms with van der Waals surface area (Å²) in [5, 5.41) is 13.8. The van der Waals surface area contributed by atoms with Gasteiger partial charge in [0, 0.05) is 12.6 Å². The lowest BCUT2D eigenvalue weighted by atomic mass is 10.3. The van der Waals surface area contributed by atoms with Gasteiger partial charge in [-0.2, -0.15) is 9.37 Å². The van der Waals surface area contributed by atoms with Crippen molar-refractivity contribution in [1.82, 2.24) is 4.98 Å². The summed E-state index contributed by atoms with van der Waals surface area (Å²) in [6, 6.07) is 5.88. The van der Waals surface area contributed by atoms with E-state index in [1.165, 1.54) is 18.2 Å². The predicted octanol–water partition coefficient (Wildman–Crippen LogP) is 3.49. The summed E-state index contributed by atoms with van der Waals surface area (Å²) in [7, 11) is 0. The third-order valence-corrected chi connectivity index (χ3v) is 2.52. The number of nitrogens with zero attached hydrogens (tertiary/aromatic N) is 2. The molecule has 0 radical (unpaired) electrons. The van der Waals surface area contributed by atoms with Crippen molar-refractivity contribution in [3.8, 4) is 11.6 Å². The zero-order valence-corrected chi connectivity index (χ0v) is 11.0. The fourth-order valence-electron chi connectivity index (χ4n) is 1.59.